The maximum Gasteiger partial charge on any atom is 0.147 e. The van der Waals surface area contributed by atoms with Crippen molar-refractivity contribution < 1.29 is 0 Å². The zero-order valence-electron chi connectivity index (χ0n) is 13.4. The number of anilines is 1. The molecule has 0 amide bonds. The Labute approximate surface area is 129 Å². The number of nitrogens with two attached hydrogens (primary N) is 1. The third kappa shape index (κ3) is 3.36. The fourth-order valence-corrected chi connectivity index (χ4v) is 2.84. The van der Waals surface area contributed by atoms with E-state index in [9.17, 15) is 0 Å². The molecule has 2 aromatic heterocycles. The van der Waals surface area contributed by atoms with Crippen LogP contribution in [0.25, 0.3) is 0 Å². The molecule has 0 bridgehead atoms. The molecule has 0 aliphatic rings. The molecule has 0 aliphatic heterocycles. The summed E-state index contributed by atoms with van der Waals surface area (Å²) in [6.07, 6.45) is 0. The summed E-state index contributed by atoms with van der Waals surface area (Å²) in [6, 6.07) is 2.04. The van der Waals surface area contributed by atoms with Crippen LogP contribution in [0.3, 0.4) is 0 Å². The van der Waals surface area contributed by atoms with Crippen LogP contribution in [0, 0.1) is 13.8 Å². The minimum Gasteiger partial charge on any atom is -0.308 e. The Hall–Kier alpha value is -1.60. The van der Waals surface area contributed by atoms with E-state index < -0.39 is 0 Å². The average Bonchev–Trinajstić information content (AvgIpc) is 2.69. The normalized spacial score (nSPS) is 11.8. The third-order valence-corrected chi connectivity index (χ3v) is 4.25. The molecule has 0 aliphatic carbocycles. The number of rotatable bonds is 3. The molecule has 0 spiro atoms. The Balaban J connectivity index is 2.49. The van der Waals surface area contributed by atoms with Gasteiger partial charge in [-0.2, -0.15) is 5.10 Å². The second-order valence-electron chi connectivity index (χ2n) is 6.07. The zero-order valence-corrected chi connectivity index (χ0v) is 14.2. The van der Waals surface area contributed by atoms with E-state index in [0.717, 1.165) is 27.1 Å². The average molecular weight is 306 g/mol. The van der Waals surface area contributed by atoms with Crippen molar-refractivity contribution in [2.45, 2.75) is 50.1 Å². The second kappa shape index (κ2) is 5.65. The van der Waals surface area contributed by atoms with E-state index in [0.29, 0.717) is 5.82 Å². The Morgan fingerprint density at radius 3 is 2.38 bits per heavy atom. The van der Waals surface area contributed by atoms with Crippen molar-refractivity contribution in [3.63, 3.8) is 0 Å². The van der Waals surface area contributed by atoms with Gasteiger partial charge in [0.2, 0.25) is 0 Å². The summed E-state index contributed by atoms with van der Waals surface area (Å²) in [5.74, 6) is 7.02. The Bertz CT molecular complexity index is 656. The lowest BCUT2D eigenvalue weighted by Crippen LogP contribution is -2.20. The van der Waals surface area contributed by atoms with E-state index in [1.54, 1.807) is 11.8 Å². The highest BCUT2D eigenvalue weighted by Crippen LogP contribution is 2.33. The highest BCUT2D eigenvalue weighted by molar-refractivity contribution is 7.99. The molecule has 0 atom stereocenters. The number of hydrogen-bond donors (Lipinski definition) is 2. The van der Waals surface area contributed by atoms with Gasteiger partial charge in [-0.15, -0.1) is 0 Å². The van der Waals surface area contributed by atoms with Crippen LogP contribution in [-0.2, 0) is 12.5 Å². The van der Waals surface area contributed by atoms with Crippen molar-refractivity contribution in [1.29, 1.82) is 0 Å². The summed E-state index contributed by atoms with van der Waals surface area (Å²) in [5, 5.41) is 6.30. The standard InChI is InChI=1S/C14H22N6S/c1-8-7-10(20(6)19-8)21-12-9(2)11(18-15)16-13(17-12)14(3,4)5/h7H,15H2,1-6H3,(H,16,17,18). The number of aryl methyl sites for hydroxylation is 2. The zero-order chi connectivity index (χ0) is 15.8. The molecule has 6 nitrogen and oxygen atoms in total. The topological polar surface area (TPSA) is 81.6 Å². The second-order valence-corrected chi connectivity index (χ2v) is 7.08. The monoisotopic (exact) mass is 306 g/mol. The maximum atomic E-state index is 5.59. The molecule has 2 aromatic rings. The number of hydrazine groups is 1. The van der Waals surface area contributed by atoms with Crippen LogP contribution in [0.2, 0.25) is 0 Å². The van der Waals surface area contributed by atoms with E-state index >= 15 is 0 Å². The van der Waals surface area contributed by atoms with Crippen LogP contribution in [0.15, 0.2) is 16.1 Å². The van der Waals surface area contributed by atoms with Crippen LogP contribution in [-0.4, -0.2) is 19.7 Å². The molecule has 114 valence electrons. The first-order valence-electron chi connectivity index (χ1n) is 6.76. The van der Waals surface area contributed by atoms with Gasteiger partial charge in [0.05, 0.1) is 5.69 Å². The molecule has 0 fully saturated rings. The van der Waals surface area contributed by atoms with Crippen LogP contribution >= 0.6 is 11.8 Å². The lowest BCUT2D eigenvalue weighted by atomic mass is 9.95. The van der Waals surface area contributed by atoms with Crippen molar-refractivity contribution in [3.05, 3.63) is 23.1 Å². The Kier molecular flexibility index (Phi) is 4.25. The number of nitrogen functional groups attached to an aromatic ring is 1. The van der Waals surface area contributed by atoms with Gasteiger partial charge in [0.25, 0.3) is 0 Å². The van der Waals surface area contributed by atoms with Gasteiger partial charge in [0.15, 0.2) is 0 Å². The van der Waals surface area contributed by atoms with Gasteiger partial charge in [-0.3, -0.25) is 4.68 Å². The minimum absolute atomic E-state index is 0.142. The SMILES string of the molecule is Cc1cc(Sc2nc(C(C)(C)C)nc(NN)c2C)n(C)n1. The molecule has 0 unspecified atom stereocenters. The maximum absolute atomic E-state index is 5.59. The summed E-state index contributed by atoms with van der Waals surface area (Å²) >= 11 is 1.58. The summed E-state index contributed by atoms with van der Waals surface area (Å²) < 4.78 is 1.86. The van der Waals surface area contributed by atoms with Gasteiger partial charge in [-0.1, -0.05) is 20.8 Å². The predicted molar refractivity (Wildman–Crippen MR) is 85.3 cm³/mol. The summed E-state index contributed by atoms with van der Waals surface area (Å²) in [5.41, 5.74) is 4.45. The Morgan fingerprint density at radius 2 is 1.90 bits per heavy atom. The molecule has 7 heteroatoms. The van der Waals surface area contributed by atoms with Gasteiger partial charge in [0.1, 0.15) is 21.7 Å². The van der Waals surface area contributed by atoms with Crippen molar-refractivity contribution in [2.24, 2.45) is 12.9 Å². The third-order valence-electron chi connectivity index (χ3n) is 3.07. The molecular formula is C14H22N6S. The number of hydrogen-bond acceptors (Lipinski definition) is 6. The molecule has 0 saturated carbocycles. The van der Waals surface area contributed by atoms with Gasteiger partial charge >= 0.3 is 0 Å². The highest BCUT2D eigenvalue weighted by atomic mass is 32.2. The van der Waals surface area contributed by atoms with Crippen LogP contribution in [0.4, 0.5) is 5.82 Å². The first kappa shape index (κ1) is 15.8. The van der Waals surface area contributed by atoms with Crippen LogP contribution < -0.4 is 11.3 Å². The quantitative estimate of drug-likeness (QED) is 0.515. The summed E-state index contributed by atoms with van der Waals surface area (Å²) in [4.78, 5) is 9.22. The smallest absolute Gasteiger partial charge is 0.147 e. The van der Waals surface area contributed by atoms with Gasteiger partial charge in [0, 0.05) is 18.0 Å². The highest BCUT2D eigenvalue weighted by Gasteiger charge is 2.22. The van der Waals surface area contributed by atoms with Crippen molar-refractivity contribution in [3.8, 4) is 0 Å². The molecule has 2 heterocycles. The van der Waals surface area contributed by atoms with Crippen molar-refractivity contribution in [2.75, 3.05) is 5.43 Å². The van der Waals surface area contributed by atoms with Crippen molar-refractivity contribution in [1.82, 2.24) is 19.7 Å². The van der Waals surface area contributed by atoms with E-state index in [1.807, 2.05) is 31.6 Å². The van der Waals surface area contributed by atoms with Crippen LogP contribution in [0.1, 0.15) is 37.9 Å². The van der Waals surface area contributed by atoms with Crippen LogP contribution in [0.5, 0.6) is 0 Å². The lowest BCUT2D eigenvalue weighted by Gasteiger charge is -2.20. The molecular weight excluding hydrogens is 284 g/mol. The van der Waals surface area contributed by atoms with Gasteiger partial charge < -0.3 is 5.43 Å². The van der Waals surface area contributed by atoms with Gasteiger partial charge in [-0.05, 0) is 31.7 Å². The predicted octanol–water partition coefficient (Wildman–Crippen LogP) is 2.56. The summed E-state index contributed by atoms with van der Waals surface area (Å²) in [7, 11) is 1.93. The van der Waals surface area contributed by atoms with E-state index in [2.05, 4.69) is 36.3 Å². The van der Waals surface area contributed by atoms with E-state index in [-0.39, 0.29) is 5.41 Å². The van der Waals surface area contributed by atoms with E-state index in [1.165, 1.54) is 0 Å². The molecule has 2 rings (SSSR count). The number of aromatic nitrogens is 4. The van der Waals surface area contributed by atoms with Gasteiger partial charge in [-0.25, -0.2) is 15.8 Å². The minimum atomic E-state index is -0.142. The molecule has 21 heavy (non-hydrogen) atoms. The molecule has 3 N–H and O–H groups in total. The largest absolute Gasteiger partial charge is 0.308 e. The number of nitrogens with zero attached hydrogens (tertiary/aromatic N) is 4. The molecule has 0 saturated heterocycles. The summed E-state index contributed by atoms with van der Waals surface area (Å²) in [6.45, 7) is 10.2. The Morgan fingerprint density at radius 1 is 1.24 bits per heavy atom. The fraction of sp³-hybridized carbons (Fsp3) is 0.500. The number of nitrogens with one attached hydrogen (secondary N) is 1. The molecule has 0 radical (unpaired) electrons. The fourth-order valence-electron chi connectivity index (χ4n) is 1.85. The lowest BCUT2D eigenvalue weighted by molar-refractivity contribution is 0.538. The van der Waals surface area contributed by atoms with Crippen molar-refractivity contribution >= 4 is 17.6 Å². The first-order valence-corrected chi connectivity index (χ1v) is 7.58. The first-order chi connectivity index (χ1) is 9.72. The molecule has 0 aromatic carbocycles. The van der Waals surface area contributed by atoms with E-state index in [4.69, 9.17) is 10.8 Å².